The third-order valence-corrected chi connectivity index (χ3v) is 4.11. The Morgan fingerprint density at radius 3 is 2.78 bits per heavy atom. The van der Waals surface area contributed by atoms with E-state index in [1.165, 1.54) is 0 Å². The number of fused-ring (bicyclic) bond motifs is 1. The summed E-state index contributed by atoms with van der Waals surface area (Å²) < 4.78 is 15.7. The van der Waals surface area contributed by atoms with Crippen molar-refractivity contribution in [3.05, 3.63) is 23.8 Å². The van der Waals surface area contributed by atoms with Crippen LogP contribution in [0.4, 0.5) is 0 Å². The highest BCUT2D eigenvalue weighted by molar-refractivity contribution is 5.89. The van der Waals surface area contributed by atoms with Gasteiger partial charge in [-0.15, -0.1) is 0 Å². The van der Waals surface area contributed by atoms with E-state index < -0.39 is 17.8 Å². The molecule has 0 spiro atoms. The molecular weight excluding hydrogens is 302 g/mol. The van der Waals surface area contributed by atoms with Crippen molar-refractivity contribution in [1.82, 2.24) is 4.90 Å². The van der Waals surface area contributed by atoms with Gasteiger partial charge in [0.15, 0.2) is 11.5 Å². The molecule has 1 aromatic rings. The van der Waals surface area contributed by atoms with Gasteiger partial charge in [0, 0.05) is 20.2 Å². The summed E-state index contributed by atoms with van der Waals surface area (Å²) in [7, 11) is 1.57. The number of carboxylic acids is 1. The van der Waals surface area contributed by atoms with E-state index in [2.05, 4.69) is 0 Å². The van der Waals surface area contributed by atoms with Gasteiger partial charge >= 0.3 is 5.97 Å². The number of carboxylic acid groups (broad SMARTS) is 1. The third-order valence-electron chi connectivity index (χ3n) is 4.11. The molecule has 3 rings (SSSR count). The third kappa shape index (κ3) is 3.39. The van der Waals surface area contributed by atoms with Crippen LogP contribution in [0.5, 0.6) is 11.5 Å². The van der Waals surface area contributed by atoms with Gasteiger partial charge in [-0.3, -0.25) is 9.59 Å². The fourth-order valence-electron chi connectivity index (χ4n) is 2.70. The summed E-state index contributed by atoms with van der Waals surface area (Å²) in [5.41, 5.74) is 0.909. The molecule has 23 heavy (non-hydrogen) atoms. The highest BCUT2D eigenvalue weighted by atomic mass is 16.7. The zero-order valence-corrected chi connectivity index (χ0v) is 12.9. The quantitative estimate of drug-likeness (QED) is 0.810. The van der Waals surface area contributed by atoms with Crippen molar-refractivity contribution in [3.63, 3.8) is 0 Å². The number of rotatable bonds is 7. The van der Waals surface area contributed by atoms with Gasteiger partial charge in [-0.2, -0.15) is 0 Å². The van der Waals surface area contributed by atoms with Crippen molar-refractivity contribution >= 4 is 11.9 Å². The molecule has 124 valence electrons. The summed E-state index contributed by atoms with van der Waals surface area (Å²) in [6.45, 7) is 1.42. The van der Waals surface area contributed by atoms with E-state index in [0.29, 0.717) is 37.6 Å². The second-order valence-electron chi connectivity index (χ2n) is 5.73. The van der Waals surface area contributed by atoms with Crippen LogP contribution in [0.15, 0.2) is 18.2 Å². The summed E-state index contributed by atoms with van der Waals surface area (Å²) >= 11 is 0. The lowest BCUT2D eigenvalue weighted by molar-refractivity contribution is -0.142. The molecule has 1 aromatic carbocycles. The smallest absolute Gasteiger partial charge is 0.307 e. The van der Waals surface area contributed by atoms with E-state index in [9.17, 15) is 9.59 Å². The average molecular weight is 321 g/mol. The topological polar surface area (TPSA) is 85.3 Å². The molecule has 0 radical (unpaired) electrons. The molecule has 7 heteroatoms. The number of aliphatic carboxylic acids is 1. The molecule has 1 fully saturated rings. The first-order valence-corrected chi connectivity index (χ1v) is 7.49. The minimum atomic E-state index is -0.905. The van der Waals surface area contributed by atoms with Crippen molar-refractivity contribution in [3.8, 4) is 11.5 Å². The average Bonchev–Trinajstić information content (AvgIpc) is 3.22. The maximum atomic E-state index is 12.5. The van der Waals surface area contributed by atoms with Crippen molar-refractivity contribution in [1.29, 1.82) is 0 Å². The highest BCUT2D eigenvalue weighted by Crippen LogP contribution is 2.40. The van der Waals surface area contributed by atoms with E-state index in [0.717, 1.165) is 5.56 Å². The van der Waals surface area contributed by atoms with Crippen molar-refractivity contribution in [2.45, 2.75) is 13.0 Å². The van der Waals surface area contributed by atoms with E-state index >= 15 is 0 Å². The molecule has 0 aromatic heterocycles. The Labute approximate surface area is 133 Å². The van der Waals surface area contributed by atoms with Crippen LogP contribution in [-0.4, -0.2) is 48.9 Å². The standard InChI is InChI=1S/C16H19NO6/c1-21-5-4-17(15(18)11-7-12(11)16(19)20)8-10-2-3-13-14(6-10)23-9-22-13/h2-3,6,11-12H,4-5,7-9H2,1H3,(H,19,20). The molecule has 1 heterocycles. The normalized spacial score (nSPS) is 21.1. The van der Waals surface area contributed by atoms with Crippen LogP contribution in [0.1, 0.15) is 12.0 Å². The van der Waals surface area contributed by atoms with Crippen LogP contribution in [0.25, 0.3) is 0 Å². The van der Waals surface area contributed by atoms with Crippen LogP contribution in [-0.2, 0) is 20.9 Å². The molecule has 2 atom stereocenters. The second-order valence-corrected chi connectivity index (χ2v) is 5.73. The maximum absolute atomic E-state index is 12.5. The largest absolute Gasteiger partial charge is 0.481 e. The fraction of sp³-hybridized carbons (Fsp3) is 0.500. The van der Waals surface area contributed by atoms with Crippen LogP contribution in [0, 0.1) is 11.8 Å². The zero-order valence-electron chi connectivity index (χ0n) is 12.9. The Balaban J connectivity index is 1.69. The first-order valence-electron chi connectivity index (χ1n) is 7.49. The molecule has 1 saturated carbocycles. The van der Waals surface area contributed by atoms with Gasteiger partial charge in [-0.1, -0.05) is 6.07 Å². The summed E-state index contributed by atoms with van der Waals surface area (Å²) in [5, 5.41) is 9.00. The second kappa shape index (κ2) is 6.45. The van der Waals surface area contributed by atoms with Gasteiger partial charge < -0.3 is 24.2 Å². The number of hydrogen-bond acceptors (Lipinski definition) is 5. The molecule has 1 amide bonds. The number of carbonyl (C=O) groups excluding carboxylic acids is 1. The van der Waals surface area contributed by atoms with E-state index in [1.54, 1.807) is 12.0 Å². The van der Waals surface area contributed by atoms with Crippen LogP contribution >= 0.6 is 0 Å². The number of methoxy groups -OCH3 is 1. The van der Waals surface area contributed by atoms with E-state index in [4.69, 9.17) is 19.3 Å². The Kier molecular flexibility index (Phi) is 4.38. The summed E-state index contributed by atoms with van der Waals surface area (Å²) in [5.74, 6) is -0.652. The first-order chi connectivity index (χ1) is 11.1. The summed E-state index contributed by atoms with van der Waals surface area (Å²) in [6, 6.07) is 5.53. The van der Waals surface area contributed by atoms with Gasteiger partial charge in [0.05, 0.1) is 18.4 Å². The molecule has 2 unspecified atom stereocenters. The molecule has 1 N–H and O–H groups in total. The van der Waals surface area contributed by atoms with Crippen molar-refractivity contribution in [2.24, 2.45) is 11.8 Å². The number of hydrogen-bond donors (Lipinski definition) is 1. The Hall–Kier alpha value is -2.28. The van der Waals surface area contributed by atoms with E-state index in [-0.39, 0.29) is 12.7 Å². The lowest BCUT2D eigenvalue weighted by Gasteiger charge is -2.23. The van der Waals surface area contributed by atoms with Crippen molar-refractivity contribution in [2.75, 3.05) is 27.1 Å². The number of carbonyl (C=O) groups is 2. The van der Waals surface area contributed by atoms with Crippen LogP contribution in [0.3, 0.4) is 0 Å². The molecule has 7 nitrogen and oxygen atoms in total. The molecule has 1 aliphatic heterocycles. The monoisotopic (exact) mass is 321 g/mol. The van der Waals surface area contributed by atoms with Crippen LogP contribution in [0.2, 0.25) is 0 Å². The minimum Gasteiger partial charge on any atom is -0.481 e. The van der Waals surface area contributed by atoms with Gasteiger partial charge in [-0.25, -0.2) is 0 Å². The predicted octanol–water partition coefficient (Wildman–Crippen LogP) is 1.11. The molecule has 0 bridgehead atoms. The Morgan fingerprint density at radius 2 is 2.09 bits per heavy atom. The SMILES string of the molecule is COCCN(Cc1ccc2c(c1)OCO2)C(=O)C1CC1C(=O)O. The predicted molar refractivity (Wildman–Crippen MR) is 79.1 cm³/mol. The fourth-order valence-corrected chi connectivity index (χ4v) is 2.70. The van der Waals surface area contributed by atoms with Crippen molar-refractivity contribution < 1.29 is 28.9 Å². The molecule has 2 aliphatic rings. The van der Waals surface area contributed by atoms with E-state index in [1.807, 2.05) is 18.2 Å². The Morgan fingerprint density at radius 1 is 1.30 bits per heavy atom. The highest BCUT2D eigenvalue weighted by Gasteiger charge is 2.49. The molecule has 0 saturated heterocycles. The lowest BCUT2D eigenvalue weighted by atomic mass is 10.1. The molecule has 1 aliphatic carbocycles. The number of nitrogens with zero attached hydrogens (tertiary/aromatic N) is 1. The van der Waals surface area contributed by atoms with Gasteiger partial charge in [0.25, 0.3) is 0 Å². The first kappa shape index (κ1) is 15.6. The van der Waals surface area contributed by atoms with Crippen LogP contribution < -0.4 is 9.47 Å². The number of amides is 1. The zero-order chi connectivity index (χ0) is 16.4. The lowest BCUT2D eigenvalue weighted by Crippen LogP contribution is -2.35. The molecular formula is C16H19NO6. The van der Waals surface area contributed by atoms with Gasteiger partial charge in [-0.05, 0) is 24.1 Å². The Bertz CT molecular complexity index is 617. The summed E-state index contributed by atoms with van der Waals surface area (Å²) in [6.07, 6.45) is 0.415. The number of ether oxygens (including phenoxy) is 3. The minimum absolute atomic E-state index is 0.132. The number of benzene rings is 1. The summed E-state index contributed by atoms with van der Waals surface area (Å²) in [4.78, 5) is 25.1. The van der Waals surface area contributed by atoms with Gasteiger partial charge in [0.1, 0.15) is 0 Å². The van der Waals surface area contributed by atoms with Gasteiger partial charge in [0.2, 0.25) is 12.7 Å². The maximum Gasteiger partial charge on any atom is 0.307 e.